The molecule has 2 fully saturated rings. The van der Waals surface area contributed by atoms with Gasteiger partial charge in [0.25, 0.3) is 0 Å². The molecule has 2 aliphatic rings. The number of nitrogens with zero attached hydrogens (tertiary/aromatic N) is 4. The second-order valence-corrected chi connectivity index (χ2v) is 7.54. The van der Waals surface area contributed by atoms with Crippen molar-refractivity contribution in [3.05, 3.63) is 12.4 Å². The Morgan fingerprint density at radius 3 is 2.39 bits per heavy atom. The molecule has 0 atom stereocenters. The Balaban J connectivity index is 1.43. The molecule has 7 nitrogen and oxygen atoms in total. The second kappa shape index (κ2) is 6.03. The lowest BCUT2D eigenvalue weighted by Crippen LogP contribution is -2.55. The van der Waals surface area contributed by atoms with Crippen molar-refractivity contribution in [2.75, 3.05) is 31.9 Å². The molecule has 0 radical (unpaired) electrons. The van der Waals surface area contributed by atoms with E-state index in [9.17, 15) is 4.79 Å². The van der Waals surface area contributed by atoms with Gasteiger partial charge in [-0.3, -0.25) is 9.58 Å². The molecule has 2 N–H and O–H groups in total. The number of carbonyl (C=O) groups is 1. The first-order valence-corrected chi connectivity index (χ1v) is 8.33. The largest absolute Gasteiger partial charge is 0.444 e. The Morgan fingerprint density at radius 2 is 1.87 bits per heavy atom. The summed E-state index contributed by atoms with van der Waals surface area (Å²) in [5.74, 6) is 0. The van der Waals surface area contributed by atoms with Crippen molar-refractivity contribution in [1.29, 1.82) is 0 Å². The van der Waals surface area contributed by atoms with Crippen LogP contribution >= 0.6 is 0 Å². The fourth-order valence-electron chi connectivity index (χ4n) is 3.22. The summed E-state index contributed by atoms with van der Waals surface area (Å²) in [5.41, 5.74) is 6.01. The maximum absolute atomic E-state index is 12.1. The van der Waals surface area contributed by atoms with Crippen LogP contribution in [0, 0.1) is 0 Å². The van der Waals surface area contributed by atoms with Gasteiger partial charge in [0.1, 0.15) is 5.60 Å². The quantitative estimate of drug-likeness (QED) is 0.897. The van der Waals surface area contributed by atoms with E-state index in [0.29, 0.717) is 12.1 Å². The van der Waals surface area contributed by atoms with Gasteiger partial charge in [-0.15, -0.1) is 0 Å². The Kier molecular flexibility index (Phi) is 4.23. The van der Waals surface area contributed by atoms with E-state index in [2.05, 4.69) is 10.00 Å². The molecule has 1 saturated carbocycles. The summed E-state index contributed by atoms with van der Waals surface area (Å²) in [6, 6.07) is 1.05. The minimum Gasteiger partial charge on any atom is -0.444 e. The smallest absolute Gasteiger partial charge is 0.410 e. The van der Waals surface area contributed by atoms with Crippen LogP contribution in [0.5, 0.6) is 0 Å². The van der Waals surface area contributed by atoms with Gasteiger partial charge in [-0.2, -0.15) is 5.10 Å². The van der Waals surface area contributed by atoms with Crippen LogP contribution in [0.15, 0.2) is 12.4 Å². The van der Waals surface area contributed by atoms with Crippen LogP contribution in [-0.4, -0.2) is 63.5 Å². The van der Waals surface area contributed by atoms with E-state index >= 15 is 0 Å². The Morgan fingerprint density at radius 1 is 1.22 bits per heavy atom. The number of nitrogen functional groups attached to an aromatic ring is 1. The highest BCUT2D eigenvalue weighted by molar-refractivity contribution is 5.68. The van der Waals surface area contributed by atoms with Crippen LogP contribution < -0.4 is 5.73 Å². The fourth-order valence-corrected chi connectivity index (χ4v) is 3.22. The molecule has 3 rings (SSSR count). The van der Waals surface area contributed by atoms with Crippen LogP contribution in [0.2, 0.25) is 0 Å². The van der Waals surface area contributed by atoms with E-state index < -0.39 is 5.60 Å². The van der Waals surface area contributed by atoms with E-state index in [-0.39, 0.29) is 6.09 Å². The van der Waals surface area contributed by atoms with E-state index in [1.54, 1.807) is 6.20 Å². The monoisotopic (exact) mass is 321 g/mol. The number of piperazine rings is 1. The molecular formula is C16H27N5O2. The molecule has 0 aromatic carbocycles. The number of nitrogens with two attached hydrogens (primary N) is 1. The molecule has 23 heavy (non-hydrogen) atoms. The number of amides is 1. The van der Waals surface area contributed by atoms with Gasteiger partial charge in [0.05, 0.1) is 17.9 Å². The number of hydrogen-bond acceptors (Lipinski definition) is 5. The minimum absolute atomic E-state index is 0.198. The second-order valence-electron chi connectivity index (χ2n) is 7.54. The molecule has 2 heterocycles. The molecule has 1 aliphatic carbocycles. The van der Waals surface area contributed by atoms with Gasteiger partial charge in [0.15, 0.2) is 0 Å². The minimum atomic E-state index is -0.430. The summed E-state index contributed by atoms with van der Waals surface area (Å²) in [6.07, 6.45) is 5.62. The van der Waals surface area contributed by atoms with Gasteiger partial charge in [-0.25, -0.2) is 4.79 Å². The molecule has 0 spiro atoms. The van der Waals surface area contributed by atoms with Gasteiger partial charge >= 0.3 is 6.09 Å². The van der Waals surface area contributed by atoms with E-state index in [1.807, 2.05) is 36.5 Å². The third-order valence-electron chi connectivity index (χ3n) is 4.57. The van der Waals surface area contributed by atoms with Crippen molar-refractivity contribution < 1.29 is 9.53 Å². The van der Waals surface area contributed by atoms with Crippen LogP contribution in [0.25, 0.3) is 0 Å². The van der Waals surface area contributed by atoms with Crippen molar-refractivity contribution in [2.24, 2.45) is 0 Å². The van der Waals surface area contributed by atoms with Crippen molar-refractivity contribution in [3.8, 4) is 0 Å². The maximum atomic E-state index is 12.1. The summed E-state index contributed by atoms with van der Waals surface area (Å²) in [5, 5.41) is 4.29. The van der Waals surface area contributed by atoms with Crippen molar-refractivity contribution in [3.63, 3.8) is 0 Å². The van der Waals surface area contributed by atoms with Gasteiger partial charge in [0, 0.05) is 38.4 Å². The fraction of sp³-hybridized carbons (Fsp3) is 0.750. The average Bonchev–Trinajstić information content (AvgIpc) is 2.82. The first-order valence-electron chi connectivity index (χ1n) is 8.33. The highest BCUT2D eigenvalue weighted by Gasteiger charge is 2.37. The molecule has 128 valence electrons. The normalized spacial score (nSPS) is 26.0. The molecule has 0 unspecified atom stereocenters. The molecular weight excluding hydrogens is 294 g/mol. The predicted molar refractivity (Wildman–Crippen MR) is 88.1 cm³/mol. The van der Waals surface area contributed by atoms with Gasteiger partial charge in [-0.1, -0.05) is 0 Å². The Hall–Kier alpha value is -1.76. The first-order chi connectivity index (χ1) is 10.8. The number of rotatable bonds is 2. The van der Waals surface area contributed by atoms with E-state index in [0.717, 1.165) is 44.7 Å². The van der Waals surface area contributed by atoms with Gasteiger partial charge < -0.3 is 15.4 Å². The zero-order chi connectivity index (χ0) is 16.6. The lowest BCUT2D eigenvalue weighted by Gasteiger charge is -2.46. The highest BCUT2D eigenvalue weighted by Crippen LogP contribution is 2.36. The summed E-state index contributed by atoms with van der Waals surface area (Å²) < 4.78 is 7.41. The van der Waals surface area contributed by atoms with Crippen LogP contribution in [-0.2, 0) is 4.74 Å². The number of carbonyl (C=O) groups excluding carboxylic acids is 1. The predicted octanol–water partition coefficient (Wildman–Crippen LogP) is 1.72. The third kappa shape index (κ3) is 3.77. The van der Waals surface area contributed by atoms with Crippen LogP contribution in [0.1, 0.15) is 39.7 Å². The molecule has 7 heteroatoms. The van der Waals surface area contributed by atoms with E-state index in [1.165, 1.54) is 0 Å². The van der Waals surface area contributed by atoms with E-state index in [4.69, 9.17) is 10.5 Å². The topological polar surface area (TPSA) is 76.6 Å². The van der Waals surface area contributed by atoms with Crippen molar-refractivity contribution in [1.82, 2.24) is 19.6 Å². The molecule has 1 aliphatic heterocycles. The number of hydrogen-bond donors (Lipinski definition) is 1. The first kappa shape index (κ1) is 16.1. The zero-order valence-electron chi connectivity index (χ0n) is 14.2. The maximum Gasteiger partial charge on any atom is 0.410 e. The van der Waals surface area contributed by atoms with Gasteiger partial charge in [0.2, 0.25) is 0 Å². The highest BCUT2D eigenvalue weighted by atomic mass is 16.6. The molecule has 0 bridgehead atoms. The number of ether oxygens (including phenoxy) is 1. The lowest BCUT2D eigenvalue weighted by molar-refractivity contribution is -0.00143. The van der Waals surface area contributed by atoms with Crippen molar-refractivity contribution >= 4 is 11.8 Å². The Labute approximate surface area is 137 Å². The molecule has 1 amide bonds. The summed E-state index contributed by atoms with van der Waals surface area (Å²) in [6.45, 7) is 9.01. The standard InChI is InChI=1S/C16H27N5O2/c1-16(2,3)23-15(22)20-6-4-19(5-7-20)13-8-14(9-13)21-11-12(17)10-18-21/h10-11,13-14H,4-9,17H2,1-3H3. The summed E-state index contributed by atoms with van der Waals surface area (Å²) in [4.78, 5) is 16.4. The summed E-state index contributed by atoms with van der Waals surface area (Å²) >= 11 is 0. The Bertz CT molecular complexity index is 551. The SMILES string of the molecule is CC(C)(C)OC(=O)N1CCN(C2CC(n3cc(N)cn3)C2)CC1. The van der Waals surface area contributed by atoms with Crippen LogP contribution in [0.3, 0.4) is 0 Å². The number of aromatic nitrogens is 2. The average molecular weight is 321 g/mol. The van der Waals surface area contributed by atoms with Crippen LogP contribution in [0.4, 0.5) is 10.5 Å². The molecule has 1 aromatic rings. The molecule has 1 saturated heterocycles. The zero-order valence-corrected chi connectivity index (χ0v) is 14.2. The summed E-state index contributed by atoms with van der Waals surface area (Å²) in [7, 11) is 0. The third-order valence-corrected chi connectivity index (χ3v) is 4.57. The molecule has 1 aromatic heterocycles. The van der Waals surface area contributed by atoms with Gasteiger partial charge in [-0.05, 0) is 33.6 Å². The van der Waals surface area contributed by atoms with Crippen molar-refractivity contribution in [2.45, 2.75) is 51.3 Å². The lowest BCUT2D eigenvalue weighted by atomic mass is 9.85. The number of anilines is 1.